The molecule has 0 saturated carbocycles. The van der Waals surface area contributed by atoms with Crippen molar-refractivity contribution in [1.29, 1.82) is 0 Å². The molecule has 2 aromatic carbocycles. The standard InChI is InChI=1S/C26H29NO5/c1-5-13-32-26(31)19-11-9-18(10-12-19)15-27-22(20-8-6-7-17(4)14-20)21(23(28)16(2)3)24(29)25(27)30/h6-12,14,16,22,29H,5,13,15H2,1-4H3. The fraction of sp³-hybridized carbons (Fsp3) is 0.346. The van der Waals surface area contributed by atoms with Crippen LogP contribution in [-0.4, -0.2) is 34.3 Å². The lowest BCUT2D eigenvalue weighted by Gasteiger charge is -2.27. The maximum Gasteiger partial charge on any atom is 0.338 e. The molecule has 3 rings (SSSR count). The van der Waals surface area contributed by atoms with Crippen molar-refractivity contribution in [3.63, 3.8) is 0 Å². The van der Waals surface area contributed by atoms with Gasteiger partial charge < -0.3 is 14.7 Å². The second-order valence-electron chi connectivity index (χ2n) is 8.36. The van der Waals surface area contributed by atoms with Gasteiger partial charge in [0, 0.05) is 12.5 Å². The van der Waals surface area contributed by atoms with E-state index in [9.17, 15) is 19.5 Å². The first-order valence-electron chi connectivity index (χ1n) is 10.9. The summed E-state index contributed by atoms with van der Waals surface area (Å²) in [6.45, 7) is 7.91. The number of ketones is 1. The van der Waals surface area contributed by atoms with E-state index in [1.165, 1.54) is 4.90 Å². The van der Waals surface area contributed by atoms with Gasteiger partial charge in [-0.1, -0.05) is 62.7 Å². The van der Waals surface area contributed by atoms with Crippen molar-refractivity contribution in [1.82, 2.24) is 4.90 Å². The Morgan fingerprint density at radius 3 is 2.41 bits per heavy atom. The van der Waals surface area contributed by atoms with Crippen LogP contribution in [0.15, 0.2) is 59.9 Å². The lowest BCUT2D eigenvalue weighted by atomic mass is 9.90. The molecule has 0 radical (unpaired) electrons. The van der Waals surface area contributed by atoms with E-state index in [4.69, 9.17) is 4.74 Å². The molecule has 0 bridgehead atoms. The molecule has 1 heterocycles. The normalized spacial score (nSPS) is 16.1. The Balaban J connectivity index is 1.93. The topological polar surface area (TPSA) is 83.9 Å². The Hall–Kier alpha value is -3.41. The van der Waals surface area contributed by atoms with Gasteiger partial charge in [-0.05, 0) is 36.6 Å². The Morgan fingerprint density at radius 1 is 1.12 bits per heavy atom. The first-order chi connectivity index (χ1) is 15.2. The summed E-state index contributed by atoms with van der Waals surface area (Å²) in [6, 6.07) is 13.7. The Morgan fingerprint density at radius 2 is 1.81 bits per heavy atom. The molecule has 1 amide bonds. The van der Waals surface area contributed by atoms with Crippen molar-refractivity contribution in [2.24, 2.45) is 5.92 Å². The quantitative estimate of drug-likeness (QED) is 0.609. The van der Waals surface area contributed by atoms with E-state index < -0.39 is 23.7 Å². The minimum Gasteiger partial charge on any atom is -0.503 e. The van der Waals surface area contributed by atoms with Crippen molar-refractivity contribution in [3.05, 3.63) is 82.1 Å². The van der Waals surface area contributed by atoms with Crippen molar-refractivity contribution in [2.75, 3.05) is 6.61 Å². The van der Waals surface area contributed by atoms with Crippen LogP contribution in [0.3, 0.4) is 0 Å². The van der Waals surface area contributed by atoms with Gasteiger partial charge in [-0.15, -0.1) is 0 Å². The zero-order valence-electron chi connectivity index (χ0n) is 18.9. The van der Waals surface area contributed by atoms with Gasteiger partial charge in [0.05, 0.1) is 23.8 Å². The zero-order chi connectivity index (χ0) is 23.4. The fourth-order valence-electron chi connectivity index (χ4n) is 3.79. The molecule has 1 unspecified atom stereocenters. The van der Waals surface area contributed by atoms with E-state index in [0.29, 0.717) is 12.2 Å². The van der Waals surface area contributed by atoms with Crippen LogP contribution in [0.2, 0.25) is 0 Å². The highest BCUT2D eigenvalue weighted by Crippen LogP contribution is 2.40. The molecule has 0 spiro atoms. The van der Waals surface area contributed by atoms with E-state index in [1.54, 1.807) is 38.1 Å². The van der Waals surface area contributed by atoms with E-state index in [2.05, 4.69) is 0 Å². The molecule has 1 aliphatic heterocycles. The number of carbonyl (C=O) groups excluding carboxylic acids is 3. The van der Waals surface area contributed by atoms with Crippen LogP contribution in [0.5, 0.6) is 0 Å². The lowest BCUT2D eigenvalue weighted by Crippen LogP contribution is -2.31. The van der Waals surface area contributed by atoms with Crippen LogP contribution >= 0.6 is 0 Å². The summed E-state index contributed by atoms with van der Waals surface area (Å²) in [5.74, 6) is -2.07. The summed E-state index contributed by atoms with van der Waals surface area (Å²) < 4.78 is 5.15. The highest BCUT2D eigenvalue weighted by Gasteiger charge is 2.43. The third-order valence-corrected chi connectivity index (χ3v) is 5.43. The van der Waals surface area contributed by atoms with Gasteiger partial charge in [0.25, 0.3) is 5.91 Å². The number of benzene rings is 2. The Kier molecular flexibility index (Phi) is 7.13. The minimum absolute atomic E-state index is 0.135. The molecule has 1 atom stereocenters. The number of rotatable bonds is 8. The van der Waals surface area contributed by atoms with Gasteiger partial charge in [0.2, 0.25) is 0 Å². The summed E-state index contributed by atoms with van der Waals surface area (Å²) in [5, 5.41) is 10.6. The first kappa shape index (κ1) is 23.3. The van der Waals surface area contributed by atoms with Crippen molar-refractivity contribution >= 4 is 17.7 Å². The average molecular weight is 436 g/mol. The monoisotopic (exact) mass is 435 g/mol. The minimum atomic E-state index is -0.675. The number of esters is 1. The van der Waals surface area contributed by atoms with Crippen LogP contribution < -0.4 is 0 Å². The van der Waals surface area contributed by atoms with Crippen LogP contribution in [0.4, 0.5) is 0 Å². The molecule has 168 valence electrons. The molecule has 6 heteroatoms. The van der Waals surface area contributed by atoms with E-state index in [-0.39, 0.29) is 23.8 Å². The van der Waals surface area contributed by atoms with Crippen molar-refractivity contribution in [2.45, 2.75) is 46.7 Å². The maximum absolute atomic E-state index is 13.0. The van der Waals surface area contributed by atoms with E-state index >= 15 is 0 Å². The van der Waals surface area contributed by atoms with Gasteiger partial charge in [-0.2, -0.15) is 0 Å². The third-order valence-electron chi connectivity index (χ3n) is 5.43. The summed E-state index contributed by atoms with van der Waals surface area (Å²) in [5.41, 5.74) is 3.10. The van der Waals surface area contributed by atoms with Gasteiger partial charge in [-0.3, -0.25) is 9.59 Å². The van der Waals surface area contributed by atoms with Gasteiger partial charge >= 0.3 is 5.97 Å². The number of aryl methyl sites for hydroxylation is 1. The van der Waals surface area contributed by atoms with Crippen LogP contribution in [0.1, 0.15) is 60.3 Å². The van der Waals surface area contributed by atoms with Crippen LogP contribution in [-0.2, 0) is 20.9 Å². The highest BCUT2D eigenvalue weighted by molar-refractivity contribution is 6.09. The number of Topliss-reactive ketones (excluding diaryl/α,β-unsaturated/α-hetero) is 1. The zero-order valence-corrected chi connectivity index (χ0v) is 18.9. The molecule has 0 fully saturated rings. The second-order valence-corrected chi connectivity index (χ2v) is 8.36. The molecule has 0 aliphatic carbocycles. The fourth-order valence-corrected chi connectivity index (χ4v) is 3.79. The number of aliphatic hydroxyl groups excluding tert-OH is 1. The largest absolute Gasteiger partial charge is 0.503 e. The van der Waals surface area contributed by atoms with Gasteiger partial charge in [-0.25, -0.2) is 4.79 Å². The average Bonchev–Trinajstić information content (AvgIpc) is 3.02. The maximum atomic E-state index is 13.0. The van der Waals surface area contributed by atoms with Gasteiger partial charge in [0.15, 0.2) is 11.5 Å². The van der Waals surface area contributed by atoms with Gasteiger partial charge in [0.1, 0.15) is 0 Å². The molecule has 0 saturated heterocycles. The lowest BCUT2D eigenvalue weighted by molar-refractivity contribution is -0.130. The SMILES string of the molecule is CCCOC(=O)c1ccc(CN2C(=O)C(O)=C(C(=O)C(C)C)C2c2cccc(C)c2)cc1. The van der Waals surface area contributed by atoms with E-state index in [0.717, 1.165) is 23.1 Å². The Labute approximate surface area is 188 Å². The number of amides is 1. The first-order valence-corrected chi connectivity index (χ1v) is 10.9. The predicted octanol–water partition coefficient (Wildman–Crippen LogP) is 4.68. The predicted molar refractivity (Wildman–Crippen MR) is 121 cm³/mol. The molecule has 2 aromatic rings. The van der Waals surface area contributed by atoms with Crippen molar-refractivity contribution < 1.29 is 24.2 Å². The molecular formula is C26H29NO5. The highest BCUT2D eigenvalue weighted by atomic mass is 16.5. The molecule has 32 heavy (non-hydrogen) atoms. The summed E-state index contributed by atoms with van der Waals surface area (Å²) >= 11 is 0. The number of hydrogen-bond donors (Lipinski definition) is 1. The second kappa shape index (κ2) is 9.81. The number of ether oxygens (including phenoxy) is 1. The van der Waals surface area contributed by atoms with Crippen molar-refractivity contribution in [3.8, 4) is 0 Å². The summed E-state index contributed by atoms with van der Waals surface area (Å²) in [7, 11) is 0. The van der Waals surface area contributed by atoms with Crippen LogP contribution in [0, 0.1) is 12.8 Å². The Bertz CT molecular complexity index is 1050. The summed E-state index contributed by atoms with van der Waals surface area (Å²) in [4.78, 5) is 39.5. The smallest absolute Gasteiger partial charge is 0.338 e. The number of hydrogen-bond acceptors (Lipinski definition) is 5. The van der Waals surface area contributed by atoms with E-state index in [1.807, 2.05) is 38.1 Å². The molecule has 1 aliphatic rings. The molecular weight excluding hydrogens is 406 g/mol. The summed E-state index contributed by atoms with van der Waals surface area (Å²) in [6.07, 6.45) is 0.745. The van der Waals surface area contributed by atoms with Crippen LogP contribution in [0.25, 0.3) is 0 Å². The molecule has 0 aromatic heterocycles. The molecule has 6 nitrogen and oxygen atoms in total. The number of nitrogens with zero attached hydrogens (tertiary/aromatic N) is 1. The molecule has 1 N–H and O–H groups in total. The third kappa shape index (κ3) is 4.74. The number of carbonyl (C=O) groups is 3. The number of aliphatic hydroxyl groups is 1.